The quantitative estimate of drug-likeness (QED) is 0.760. The first kappa shape index (κ1) is 13.5. The Morgan fingerprint density at radius 2 is 2.21 bits per heavy atom. The Morgan fingerprint density at radius 3 is 2.79 bits per heavy atom. The SMILES string of the molecule is Cc1cc(C(N)=O)ccc1NC(=O)[C@@H]1CCCNC1. The van der Waals surface area contributed by atoms with Crippen LogP contribution in [0.2, 0.25) is 0 Å². The van der Waals surface area contributed by atoms with Crippen LogP contribution in [0.4, 0.5) is 5.69 Å². The zero-order chi connectivity index (χ0) is 13.8. The van der Waals surface area contributed by atoms with Crippen molar-refractivity contribution in [3.63, 3.8) is 0 Å². The van der Waals surface area contributed by atoms with Crippen molar-refractivity contribution in [3.05, 3.63) is 29.3 Å². The molecular weight excluding hydrogens is 242 g/mol. The Kier molecular flexibility index (Phi) is 4.16. The van der Waals surface area contributed by atoms with Crippen LogP contribution in [0.25, 0.3) is 0 Å². The highest BCUT2D eigenvalue weighted by molar-refractivity contribution is 5.96. The molecule has 102 valence electrons. The fraction of sp³-hybridized carbons (Fsp3) is 0.429. The maximum Gasteiger partial charge on any atom is 0.248 e. The molecule has 2 amide bonds. The van der Waals surface area contributed by atoms with Crippen LogP contribution < -0.4 is 16.4 Å². The Bertz CT molecular complexity index is 493. The molecule has 1 fully saturated rings. The van der Waals surface area contributed by atoms with Crippen LogP contribution in [0.5, 0.6) is 0 Å². The lowest BCUT2D eigenvalue weighted by Gasteiger charge is -2.22. The van der Waals surface area contributed by atoms with E-state index < -0.39 is 5.91 Å². The summed E-state index contributed by atoms with van der Waals surface area (Å²) in [4.78, 5) is 23.2. The predicted molar refractivity (Wildman–Crippen MR) is 73.9 cm³/mol. The summed E-state index contributed by atoms with van der Waals surface area (Å²) in [7, 11) is 0. The molecule has 1 heterocycles. The van der Waals surface area contributed by atoms with E-state index in [0.717, 1.165) is 37.2 Å². The van der Waals surface area contributed by atoms with Gasteiger partial charge >= 0.3 is 0 Å². The standard InChI is InChI=1S/C14H19N3O2/c1-9-7-10(13(15)18)4-5-12(9)17-14(19)11-3-2-6-16-8-11/h4-5,7,11,16H,2-3,6,8H2,1H3,(H2,15,18)(H,17,19)/t11-/m1/s1. The van der Waals surface area contributed by atoms with Crippen LogP contribution in [0.3, 0.4) is 0 Å². The lowest BCUT2D eigenvalue weighted by molar-refractivity contribution is -0.120. The monoisotopic (exact) mass is 261 g/mol. The molecule has 2 rings (SSSR count). The van der Waals surface area contributed by atoms with Gasteiger partial charge in [-0.1, -0.05) is 0 Å². The number of aryl methyl sites for hydroxylation is 1. The van der Waals surface area contributed by atoms with E-state index in [4.69, 9.17) is 5.73 Å². The lowest BCUT2D eigenvalue weighted by Crippen LogP contribution is -2.37. The number of piperidine rings is 1. The minimum Gasteiger partial charge on any atom is -0.366 e. The van der Waals surface area contributed by atoms with Crippen LogP contribution in [-0.4, -0.2) is 24.9 Å². The van der Waals surface area contributed by atoms with Crippen LogP contribution in [0.1, 0.15) is 28.8 Å². The van der Waals surface area contributed by atoms with Crippen LogP contribution in [0.15, 0.2) is 18.2 Å². The first-order valence-electron chi connectivity index (χ1n) is 6.50. The summed E-state index contributed by atoms with van der Waals surface area (Å²) in [6.45, 7) is 3.56. The summed E-state index contributed by atoms with van der Waals surface area (Å²) in [5, 5.41) is 6.13. The second kappa shape index (κ2) is 5.84. The van der Waals surface area contributed by atoms with Crippen molar-refractivity contribution in [2.24, 2.45) is 11.7 Å². The molecule has 1 aromatic carbocycles. The molecule has 0 bridgehead atoms. The van der Waals surface area contributed by atoms with Crippen molar-refractivity contribution >= 4 is 17.5 Å². The van der Waals surface area contributed by atoms with Crippen LogP contribution >= 0.6 is 0 Å². The predicted octanol–water partition coefficient (Wildman–Crippen LogP) is 1.03. The smallest absolute Gasteiger partial charge is 0.248 e. The summed E-state index contributed by atoms with van der Waals surface area (Å²) in [5.41, 5.74) is 7.25. The molecule has 0 aliphatic carbocycles. The first-order chi connectivity index (χ1) is 9.08. The zero-order valence-corrected chi connectivity index (χ0v) is 11.0. The highest BCUT2D eigenvalue weighted by atomic mass is 16.2. The Morgan fingerprint density at radius 1 is 1.42 bits per heavy atom. The molecule has 5 heteroatoms. The van der Waals surface area contributed by atoms with E-state index in [1.807, 2.05) is 6.92 Å². The van der Waals surface area contributed by atoms with Crippen molar-refractivity contribution in [1.82, 2.24) is 5.32 Å². The molecule has 0 spiro atoms. The number of nitrogens with one attached hydrogen (secondary N) is 2. The summed E-state index contributed by atoms with van der Waals surface area (Å²) in [6.07, 6.45) is 1.94. The highest BCUT2D eigenvalue weighted by Gasteiger charge is 2.21. The Labute approximate surface area is 112 Å². The second-order valence-electron chi connectivity index (χ2n) is 4.93. The largest absolute Gasteiger partial charge is 0.366 e. The molecule has 5 nitrogen and oxygen atoms in total. The van der Waals surface area contributed by atoms with Crippen LogP contribution in [-0.2, 0) is 4.79 Å². The van der Waals surface area contributed by atoms with Crippen molar-refractivity contribution in [1.29, 1.82) is 0 Å². The summed E-state index contributed by atoms with van der Waals surface area (Å²) in [5.74, 6) is -0.413. The maximum absolute atomic E-state index is 12.1. The van der Waals surface area contributed by atoms with Gasteiger partial charge in [0.05, 0.1) is 5.92 Å². The van der Waals surface area contributed by atoms with E-state index >= 15 is 0 Å². The minimum atomic E-state index is -0.461. The van der Waals surface area contributed by atoms with E-state index in [1.165, 1.54) is 0 Å². The number of benzene rings is 1. The van der Waals surface area contributed by atoms with Gasteiger partial charge in [0.25, 0.3) is 0 Å². The maximum atomic E-state index is 12.1. The molecule has 1 aliphatic rings. The van der Waals surface area contributed by atoms with Gasteiger partial charge in [-0.3, -0.25) is 9.59 Å². The summed E-state index contributed by atoms with van der Waals surface area (Å²) in [6, 6.07) is 5.05. The molecule has 1 aromatic rings. The average Bonchev–Trinajstić information content (AvgIpc) is 2.41. The van der Waals surface area contributed by atoms with Gasteiger partial charge in [0, 0.05) is 17.8 Å². The number of hydrogen-bond acceptors (Lipinski definition) is 3. The molecule has 4 N–H and O–H groups in total. The van der Waals surface area contributed by atoms with Gasteiger partial charge in [0.2, 0.25) is 11.8 Å². The third-order valence-corrected chi connectivity index (χ3v) is 3.44. The van der Waals surface area contributed by atoms with Gasteiger partial charge in [-0.15, -0.1) is 0 Å². The zero-order valence-electron chi connectivity index (χ0n) is 11.0. The van der Waals surface area contributed by atoms with Gasteiger partial charge in [-0.2, -0.15) is 0 Å². The van der Waals surface area contributed by atoms with Gasteiger partial charge in [0.1, 0.15) is 0 Å². The van der Waals surface area contributed by atoms with Gasteiger partial charge < -0.3 is 16.4 Å². The molecule has 1 aliphatic heterocycles. The van der Waals surface area contributed by atoms with Crippen molar-refractivity contribution in [2.75, 3.05) is 18.4 Å². The number of anilines is 1. The van der Waals surface area contributed by atoms with Crippen molar-refractivity contribution in [3.8, 4) is 0 Å². The van der Waals surface area contributed by atoms with Crippen molar-refractivity contribution < 1.29 is 9.59 Å². The normalized spacial score (nSPS) is 18.9. The molecule has 0 radical (unpaired) electrons. The number of rotatable bonds is 3. The second-order valence-corrected chi connectivity index (χ2v) is 4.93. The third-order valence-electron chi connectivity index (χ3n) is 3.44. The fourth-order valence-electron chi connectivity index (χ4n) is 2.27. The van der Waals surface area contributed by atoms with E-state index in [9.17, 15) is 9.59 Å². The molecule has 19 heavy (non-hydrogen) atoms. The van der Waals surface area contributed by atoms with E-state index in [1.54, 1.807) is 18.2 Å². The average molecular weight is 261 g/mol. The number of amides is 2. The first-order valence-corrected chi connectivity index (χ1v) is 6.50. The van der Waals surface area contributed by atoms with E-state index in [2.05, 4.69) is 10.6 Å². The van der Waals surface area contributed by atoms with Gasteiger partial charge in [-0.25, -0.2) is 0 Å². The Hall–Kier alpha value is -1.88. The molecule has 0 saturated carbocycles. The number of nitrogens with two attached hydrogens (primary N) is 1. The molecule has 1 saturated heterocycles. The van der Waals surface area contributed by atoms with Crippen molar-refractivity contribution in [2.45, 2.75) is 19.8 Å². The lowest BCUT2D eigenvalue weighted by atomic mass is 9.98. The fourth-order valence-corrected chi connectivity index (χ4v) is 2.27. The number of carbonyl (C=O) groups is 2. The number of hydrogen-bond donors (Lipinski definition) is 3. The summed E-state index contributed by atoms with van der Waals surface area (Å²) >= 11 is 0. The van der Waals surface area contributed by atoms with Gasteiger partial charge in [0.15, 0.2) is 0 Å². The van der Waals surface area contributed by atoms with E-state index in [-0.39, 0.29) is 11.8 Å². The molecular formula is C14H19N3O2. The Balaban J connectivity index is 2.06. The number of primary amides is 1. The van der Waals surface area contributed by atoms with Crippen LogP contribution in [0, 0.1) is 12.8 Å². The van der Waals surface area contributed by atoms with Gasteiger partial charge in [-0.05, 0) is 50.1 Å². The van der Waals surface area contributed by atoms with E-state index in [0.29, 0.717) is 5.56 Å². The third kappa shape index (κ3) is 3.32. The summed E-state index contributed by atoms with van der Waals surface area (Å²) < 4.78 is 0. The molecule has 1 atom stereocenters. The highest BCUT2D eigenvalue weighted by Crippen LogP contribution is 2.19. The topological polar surface area (TPSA) is 84.2 Å². The number of carbonyl (C=O) groups excluding carboxylic acids is 2. The molecule has 0 aromatic heterocycles. The minimum absolute atomic E-state index is 0.0176. The molecule has 0 unspecified atom stereocenters.